The van der Waals surface area contributed by atoms with Crippen molar-refractivity contribution in [2.45, 2.75) is 6.36 Å². The quantitative estimate of drug-likeness (QED) is 0.421. The number of nitrogens with one attached hydrogen (secondary N) is 1. The molecule has 0 atom stereocenters. The van der Waals surface area contributed by atoms with Crippen LogP contribution in [0, 0.1) is 0 Å². The number of anilines is 3. The van der Waals surface area contributed by atoms with Gasteiger partial charge in [-0.05, 0) is 25.2 Å². The number of ether oxygens (including phenoxy) is 1. The molecule has 2 N–H and O–H groups in total. The van der Waals surface area contributed by atoms with Crippen molar-refractivity contribution in [2.24, 2.45) is 7.05 Å². The summed E-state index contributed by atoms with van der Waals surface area (Å²) in [5.74, 6) is -1.42. The molecule has 1 aliphatic rings. The summed E-state index contributed by atoms with van der Waals surface area (Å²) in [6.45, 7) is 3.14. The summed E-state index contributed by atoms with van der Waals surface area (Å²) in [6.07, 6.45) is -1.85. The molecule has 1 saturated heterocycles. The standard InChI is InChI=1S/C24H23F3N6O3/c1-31-7-9-33(10-8-31)15-4-6-19(36-24(25,26)27)18(11-15)29-23-28-12-14-3-5-16-17(22(34)35)13-32(2)21(16)20(14)30-23/h3-6,11-13H,7-10H2,1-2H3,(H,34,35)(H,28,29,30). The summed E-state index contributed by atoms with van der Waals surface area (Å²) >= 11 is 0. The Morgan fingerprint density at radius 2 is 1.86 bits per heavy atom. The maximum Gasteiger partial charge on any atom is 0.573 e. The number of aryl methyl sites for hydroxylation is 1. The van der Waals surface area contributed by atoms with Crippen LogP contribution >= 0.6 is 0 Å². The van der Waals surface area contributed by atoms with Crippen molar-refractivity contribution in [3.05, 3.63) is 48.3 Å². The van der Waals surface area contributed by atoms with Crippen LogP contribution in [0.5, 0.6) is 5.75 Å². The van der Waals surface area contributed by atoms with E-state index >= 15 is 0 Å². The molecule has 0 amide bonds. The lowest BCUT2D eigenvalue weighted by Crippen LogP contribution is -2.44. The van der Waals surface area contributed by atoms with E-state index in [0.717, 1.165) is 31.9 Å². The second-order valence-electron chi connectivity index (χ2n) is 8.70. The summed E-state index contributed by atoms with van der Waals surface area (Å²) < 4.78 is 45.2. The van der Waals surface area contributed by atoms with Gasteiger partial charge >= 0.3 is 12.3 Å². The van der Waals surface area contributed by atoms with Crippen LogP contribution in [0.2, 0.25) is 0 Å². The zero-order chi connectivity index (χ0) is 25.6. The fourth-order valence-corrected chi connectivity index (χ4v) is 4.43. The first kappa shape index (κ1) is 23.7. The second-order valence-corrected chi connectivity index (χ2v) is 8.70. The lowest BCUT2D eigenvalue weighted by Gasteiger charge is -2.34. The number of benzene rings is 2. The van der Waals surface area contributed by atoms with Crippen molar-refractivity contribution >= 4 is 45.1 Å². The Bertz CT molecular complexity index is 1460. The molecule has 0 saturated carbocycles. The number of carboxylic acid groups (broad SMARTS) is 1. The van der Waals surface area contributed by atoms with Crippen LogP contribution in [0.25, 0.3) is 21.8 Å². The number of nitrogens with zero attached hydrogens (tertiary/aromatic N) is 5. The number of halogens is 3. The number of alkyl halides is 3. The summed E-state index contributed by atoms with van der Waals surface area (Å²) in [6, 6.07) is 7.86. The van der Waals surface area contributed by atoms with E-state index < -0.39 is 18.1 Å². The van der Waals surface area contributed by atoms with E-state index in [0.29, 0.717) is 21.8 Å². The van der Waals surface area contributed by atoms with E-state index in [1.54, 1.807) is 35.9 Å². The first-order valence-corrected chi connectivity index (χ1v) is 11.2. The van der Waals surface area contributed by atoms with E-state index in [1.807, 2.05) is 7.05 Å². The van der Waals surface area contributed by atoms with Crippen LogP contribution in [0.15, 0.2) is 42.7 Å². The molecule has 4 aromatic rings. The fourth-order valence-electron chi connectivity index (χ4n) is 4.43. The summed E-state index contributed by atoms with van der Waals surface area (Å²) in [5, 5.41) is 13.6. The summed E-state index contributed by atoms with van der Waals surface area (Å²) in [4.78, 5) is 24.7. The molecule has 0 spiro atoms. The molecule has 12 heteroatoms. The molecule has 9 nitrogen and oxygen atoms in total. The van der Waals surface area contributed by atoms with Crippen molar-refractivity contribution in [1.82, 2.24) is 19.4 Å². The third-order valence-electron chi connectivity index (χ3n) is 6.23. The molecule has 2 aromatic heterocycles. The van der Waals surface area contributed by atoms with Crippen molar-refractivity contribution < 1.29 is 27.8 Å². The van der Waals surface area contributed by atoms with Crippen LogP contribution in [0.4, 0.5) is 30.5 Å². The second kappa shape index (κ2) is 8.86. The van der Waals surface area contributed by atoms with Gasteiger partial charge in [0.1, 0.15) is 5.52 Å². The number of likely N-dealkylation sites (N-methyl/N-ethyl adjacent to an activating group) is 1. The van der Waals surface area contributed by atoms with Gasteiger partial charge in [-0.2, -0.15) is 0 Å². The molecule has 1 aliphatic heterocycles. The number of piperazine rings is 1. The first-order valence-electron chi connectivity index (χ1n) is 11.2. The first-order chi connectivity index (χ1) is 17.1. The zero-order valence-electron chi connectivity index (χ0n) is 19.5. The fraction of sp³-hybridized carbons (Fsp3) is 0.292. The van der Waals surface area contributed by atoms with Crippen LogP contribution in [-0.2, 0) is 7.05 Å². The van der Waals surface area contributed by atoms with Gasteiger partial charge in [-0.25, -0.2) is 14.8 Å². The van der Waals surface area contributed by atoms with Gasteiger partial charge in [-0.3, -0.25) is 0 Å². The maximum absolute atomic E-state index is 13.1. The summed E-state index contributed by atoms with van der Waals surface area (Å²) in [5.41, 5.74) is 1.98. The predicted molar refractivity (Wildman–Crippen MR) is 129 cm³/mol. The highest BCUT2D eigenvalue weighted by molar-refractivity contribution is 6.11. The van der Waals surface area contributed by atoms with E-state index in [-0.39, 0.29) is 17.2 Å². The molecule has 3 heterocycles. The van der Waals surface area contributed by atoms with Gasteiger partial charge in [-0.1, -0.05) is 12.1 Å². The van der Waals surface area contributed by atoms with E-state index in [4.69, 9.17) is 0 Å². The average Bonchev–Trinajstić information content (AvgIpc) is 3.17. The number of carboxylic acids is 1. The van der Waals surface area contributed by atoms with E-state index in [1.165, 1.54) is 18.5 Å². The van der Waals surface area contributed by atoms with Crippen molar-refractivity contribution in [3.8, 4) is 5.75 Å². The highest BCUT2D eigenvalue weighted by Crippen LogP contribution is 2.36. The molecule has 2 aromatic carbocycles. The lowest BCUT2D eigenvalue weighted by molar-refractivity contribution is -0.274. The van der Waals surface area contributed by atoms with Crippen LogP contribution in [0.3, 0.4) is 0 Å². The Balaban J connectivity index is 1.56. The SMILES string of the molecule is CN1CCN(c2ccc(OC(F)(F)F)c(Nc3ncc4ccc5c(C(=O)O)cn(C)c5c4n3)c2)CC1. The molecule has 188 valence electrons. The molecule has 5 rings (SSSR count). The van der Waals surface area contributed by atoms with Gasteiger partial charge in [0.15, 0.2) is 5.75 Å². The van der Waals surface area contributed by atoms with Crippen molar-refractivity contribution in [1.29, 1.82) is 0 Å². The van der Waals surface area contributed by atoms with Crippen LogP contribution in [-0.4, -0.2) is 70.1 Å². The smallest absolute Gasteiger partial charge is 0.478 e. The van der Waals surface area contributed by atoms with Gasteiger partial charge in [0.25, 0.3) is 0 Å². The van der Waals surface area contributed by atoms with Gasteiger partial charge in [0.2, 0.25) is 5.95 Å². The Labute approximate surface area is 203 Å². The topological polar surface area (TPSA) is 95.8 Å². The Morgan fingerprint density at radius 3 is 2.56 bits per heavy atom. The van der Waals surface area contributed by atoms with E-state index in [9.17, 15) is 23.1 Å². The zero-order valence-corrected chi connectivity index (χ0v) is 19.5. The number of aromatic carboxylic acids is 1. The van der Waals surface area contributed by atoms with Crippen LogP contribution in [0.1, 0.15) is 10.4 Å². The lowest BCUT2D eigenvalue weighted by atomic mass is 10.1. The molecule has 36 heavy (non-hydrogen) atoms. The third-order valence-corrected chi connectivity index (χ3v) is 6.23. The Kier molecular flexibility index (Phi) is 5.83. The number of carbonyl (C=O) groups is 1. The normalized spacial score (nSPS) is 15.0. The van der Waals surface area contributed by atoms with Gasteiger partial charge in [-0.15, -0.1) is 13.2 Å². The van der Waals surface area contributed by atoms with Gasteiger partial charge in [0.05, 0.1) is 16.8 Å². The van der Waals surface area contributed by atoms with Crippen molar-refractivity contribution in [3.63, 3.8) is 0 Å². The largest absolute Gasteiger partial charge is 0.573 e. The minimum atomic E-state index is -4.88. The average molecular weight is 500 g/mol. The third kappa shape index (κ3) is 4.59. The highest BCUT2D eigenvalue weighted by Gasteiger charge is 2.32. The maximum atomic E-state index is 13.1. The molecule has 0 bridgehead atoms. The molecule has 0 radical (unpaired) electrons. The molecular formula is C24H23F3N6O3. The number of hydrogen-bond donors (Lipinski definition) is 2. The Morgan fingerprint density at radius 1 is 1.11 bits per heavy atom. The summed E-state index contributed by atoms with van der Waals surface area (Å²) in [7, 11) is 3.73. The molecular weight excluding hydrogens is 477 g/mol. The van der Waals surface area contributed by atoms with Crippen LogP contribution < -0.4 is 15.0 Å². The highest BCUT2D eigenvalue weighted by atomic mass is 19.4. The minimum absolute atomic E-state index is 0.0515. The predicted octanol–water partition coefficient (Wildman–Crippen LogP) is 4.21. The molecule has 0 unspecified atom stereocenters. The monoisotopic (exact) mass is 500 g/mol. The molecule has 0 aliphatic carbocycles. The number of aromatic nitrogens is 3. The Hall–Kier alpha value is -4.06. The van der Waals surface area contributed by atoms with Gasteiger partial charge in [0, 0.05) is 62.1 Å². The van der Waals surface area contributed by atoms with E-state index in [2.05, 4.69) is 29.8 Å². The number of rotatable bonds is 5. The number of hydrogen-bond acceptors (Lipinski definition) is 7. The minimum Gasteiger partial charge on any atom is -0.478 e. The number of fused-ring (bicyclic) bond motifs is 3. The van der Waals surface area contributed by atoms with Gasteiger partial charge < -0.3 is 29.5 Å². The van der Waals surface area contributed by atoms with Crippen molar-refractivity contribution in [2.75, 3.05) is 43.4 Å². The molecule has 1 fully saturated rings.